The predicted molar refractivity (Wildman–Crippen MR) is 272 cm³/mol. The Kier molecular flexibility index (Phi) is 9.24. The van der Waals surface area contributed by atoms with E-state index in [2.05, 4.69) is 245 Å². The van der Waals surface area contributed by atoms with E-state index < -0.39 is 16.1 Å². The topological polar surface area (TPSA) is 6.48 Å². The van der Waals surface area contributed by atoms with E-state index in [9.17, 15) is 0 Å². The monoisotopic (exact) mass is 822 g/mol. The summed E-state index contributed by atoms with van der Waals surface area (Å²) >= 11 is 0. The number of rotatable bonds is 8. The first-order chi connectivity index (χ1) is 29.3. The molecule has 0 N–H and O–H groups in total. The van der Waals surface area contributed by atoms with Crippen LogP contribution in [0.2, 0.25) is 39.3 Å². The second-order valence-corrected chi connectivity index (χ2v) is 29.6. The highest BCUT2D eigenvalue weighted by atomic mass is 28.3. The molecule has 0 atom stereocenters. The molecule has 0 saturated carbocycles. The molecule has 0 unspecified atom stereocenters. The average Bonchev–Trinajstić information content (AvgIpc) is 3.26. The summed E-state index contributed by atoms with van der Waals surface area (Å²) in [5, 5.41) is 10.7. The van der Waals surface area contributed by atoms with Gasteiger partial charge in [0, 0.05) is 39.2 Å². The Morgan fingerprint density at radius 1 is 0.344 bits per heavy atom. The third-order valence-corrected chi connectivity index (χ3v) is 17.3. The van der Waals surface area contributed by atoms with Crippen LogP contribution in [0.5, 0.6) is 0 Å². The molecule has 0 aliphatic heterocycles. The Hall–Kier alpha value is -6.21. The molecule has 0 spiro atoms. The Balaban J connectivity index is 1.20. The molecule has 9 aromatic rings. The number of nitrogens with zero attached hydrogens (tertiary/aromatic N) is 2. The molecular weight excluding hydrogens is 769 g/mol. The van der Waals surface area contributed by atoms with Gasteiger partial charge in [-0.05, 0) is 122 Å². The highest BCUT2D eigenvalue weighted by Gasteiger charge is 2.35. The van der Waals surface area contributed by atoms with Gasteiger partial charge in [0.2, 0.25) is 0 Å². The third-order valence-electron chi connectivity index (χ3n) is 13.1. The highest BCUT2D eigenvalue weighted by Crippen LogP contribution is 2.53. The van der Waals surface area contributed by atoms with Crippen LogP contribution in [0.15, 0.2) is 182 Å². The molecule has 0 amide bonds. The van der Waals surface area contributed by atoms with Gasteiger partial charge in [0.1, 0.15) is 0 Å². The molecule has 0 aromatic heterocycles. The lowest BCUT2D eigenvalue weighted by atomic mass is 9.68. The summed E-state index contributed by atoms with van der Waals surface area (Å²) in [6.07, 6.45) is 0. The van der Waals surface area contributed by atoms with Crippen molar-refractivity contribution in [3.05, 3.63) is 193 Å². The second kappa shape index (κ2) is 14.5. The van der Waals surface area contributed by atoms with Gasteiger partial charge < -0.3 is 9.80 Å². The lowest BCUT2D eigenvalue weighted by Gasteiger charge is -2.37. The van der Waals surface area contributed by atoms with Crippen molar-refractivity contribution in [2.24, 2.45) is 0 Å². The van der Waals surface area contributed by atoms with Gasteiger partial charge in [-0.25, -0.2) is 0 Å². The van der Waals surface area contributed by atoms with Gasteiger partial charge in [0.05, 0.1) is 21.8 Å². The van der Waals surface area contributed by atoms with Crippen LogP contribution >= 0.6 is 0 Å². The fourth-order valence-electron chi connectivity index (χ4n) is 9.78. The van der Waals surface area contributed by atoms with Gasteiger partial charge in [0.15, 0.2) is 0 Å². The first-order valence-corrected chi connectivity index (χ1v) is 28.8. The minimum absolute atomic E-state index is 0.247. The zero-order chi connectivity index (χ0) is 42.3. The van der Waals surface area contributed by atoms with Crippen LogP contribution < -0.4 is 20.2 Å². The molecule has 0 heterocycles. The predicted octanol–water partition coefficient (Wildman–Crippen LogP) is 15.5. The first-order valence-electron chi connectivity index (χ1n) is 21.8. The van der Waals surface area contributed by atoms with Crippen molar-refractivity contribution in [3.63, 3.8) is 0 Å². The molecule has 10 rings (SSSR count). The van der Waals surface area contributed by atoms with E-state index in [0.717, 1.165) is 11.4 Å². The SMILES string of the molecule is CC1(C)c2cc(N(c3ccccc3)c3ccc([Si](C)(C)C)cc3)ccc2-c2cc3c4ccccc4c(N(c4ccccc4)c4ccc([Si](C)(C)C)cc4)cc3c3cccc1c23. The van der Waals surface area contributed by atoms with Crippen molar-refractivity contribution in [3.8, 4) is 11.1 Å². The molecule has 1 aliphatic carbocycles. The molecule has 2 nitrogen and oxygen atoms in total. The van der Waals surface area contributed by atoms with Gasteiger partial charge in [-0.1, -0.05) is 173 Å². The lowest BCUT2D eigenvalue weighted by Crippen LogP contribution is -2.37. The van der Waals surface area contributed by atoms with Crippen molar-refractivity contribution in [1.82, 2.24) is 0 Å². The minimum Gasteiger partial charge on any atom is -0.310 e. The van der Waals surface area contributed by atoms with Crippen LogP contribution in [-0.4, -0.2) is 16.1 Å². The molecule has 9 aromatic carbocycles. The normalized spacial score (nSPS) is 13.4. The van der Waals surface area contributed by atoms with E-state index in [1.54, 1.807) is 0 Å². The number of hydrogen-bond donors (Lipinski definition) is 0. The highest BCUT2D eigenvalue weighted by molar-refractivity contribution is 6.89. The minimum atomic E-state index is -1.47. The molecule has 61 heavy (non-hydrogen) atoms. The van der Waals surface area contributed by atoms with E-state index in [-0.39, 0.29) is 5.41 Å². The van der Waals surface area contributed by atoms with Crippen molar-refractivity contribution >= 4 is 93.0 Å². The summed E-state index contributed by atoms with van der Waals surface area (Å²) in [5.41, 5.74) is 12.1. The zero-order valence-corrected chi connectivity index (χ0v) is 38.7. The van der Waals surface area contributed by atoms with Gasteiger partial charge in [-0.2, -0.15) is 0 Å². The van der Waals surface area contributed by atoms with Gasteiger partial charge in [-0.15, -0.1) is 0 Å². The van der Waals surface area contributed by atoms with Crippen LogP contribution in [0.25, 0.3) is 43.4 Å². The van der Waals surface area contributed by atoms with Crippen LogP contribution in [0.3, 0.4) is 0 Å². The van der Waals surface area contributed by atoms with Crippen molar-refractivity contribution in [2.75, 3.05) is 9.80 Å². The van der Waals surface area contributed by atoms with Crippen LogP contribution in [0.1, 0.15) is 25.0 Å². The first kappa shape index (κ1) is 39.0. The molecule has 0 saturated heterocycles. The summed E-state index contributed by atoms with van der Waals surface area (Å²) in [4.78, 5) is 4.88. The Morgan fingerprint density at radius 3 is 1.41 bits per heavy atom. The van der Waals surface area contributed by atoms with E-state index in [4.69, 9.17) is 0 Å². The quantitative estimate of drug-likeness (QED) is 0.111. The smallest absolute Gasteiger partial charge is 0.0775 e. The fourth-order valence-corrected chi connectivity index (χ4v) is 12.1. The van der Waals surface area contributed by atoms with Gasteiger partial charge in [0.25, 0.3) is 0 Å². The summed E-state index contributed by atoms with van der Waals surface area (Å²) < 4.78 is 0. The maximum Gasteiger partial charge on any atom is 0.0775 e. The van der Waals surface area contributed by atoms with E-state index >= 15 is 0 Å². The van der Waals surface area contributed by atoms with E-state index in [0.29, 0.717) is 0 Å². The fraction of sp³-hybridized carbons (Fsp3) is 0.158. The molecular formula is C57H54N2Si2. The van der Waals surface area contributed by atoms with Gasteiger partial charge in [-0.3, -0.25) is 0 Å². The number of fused-ring (bicyclic) bond motifs is 6. The largest absolute Gasteiger partial charge is 0.310 e. The van der Waals surface area contributed by atoms with Crippen LogP contribution in [-0.2, 0) is 5.41 Å². The summed E-state index contributed by atoms with van der Waals surface area (Å²) in [6, 6.07) is 68.6. The zero-order valence-electron chi connectivity index (χ0n) is 36.7. The van der Waals surface area contributed by atoms with Crippen molar-refractivity contribution in [1.29, 1.82) is 0 Å². The van der Waals surface area contributed by atoms with E-state index in [1.165, 1.54) is 87.7 Å². The molecule has 0 radical (unpaired) electrons. The number of para-hydroxylation sites is 2. The second-order valence-electron chi connectivity index (χ2n) is 19.5. The summed E-state index contributed by atoms with van der Waals surface area (Å²) in [6.45, 7) is 19.3. The Morgan fingerprint density at radius 2 is 0.820 bits per heavy atom. The average molecular weight is 823 g/mol. The number of benzene rings is 9. The van der Waals surface area contributed by atoms with Crippen molar-refractivity contribution < 1.29 is 0 Å². The molecule has 0 bridgehead atoms. The van der Waals surface area contributed by atoms with Crippen LogP contribution in [0.4, 0.5) is 34.1 Å². The number of hydrogen-bond acceptors (Lipinski definition) is 2. The lowest BCUT2D eigenvalue weighted by molar-refractivity contribution is 0.645. The van der Waals surface area contributed by atoms with Crippen LogP contribution in [0, 0.1) is 0 Å². The summed E-state index contributed by atoms with van der Waals surface area (Å²) in [5.74, 6) is 0. The standard InChI is InChI=1S/C57H54N2Si2/c1-57(2)53-25-17-24-49-51-38-55(59(40-20-13-10-14-21-40)42-28-33-45(34-29-42)61(6,7)8)48-23-16-15-22-46(48)50(51)37-52(56(49)53)47-35-30-43(36-54(47)57)58(39-18-11-9-12-19-39)41-26-31-44(32-27-41)60(3,4)5/h9-38H,1-8H3. The van der Waals surface area contributed by atoms with E-state index in [1.807, 2.05) is 0 Å². The maximum absolute atomic E-state index is 2.50. The molecule has 1 aliphatic rings. The maximum atomic E-state index is 2.50. The summed E-state index contributed by atoms with van der Waals surface area (Å²) in [7, 11) is -2.92. The third kappa shape index (κ3) is 6.61. The number of anilines is 6. The van der Waals surface area contributed by atoms with Crippen molar-refractivity contribution in [2.45, 2.75) is 58.5 Å². The Labute approximate surface area is 363 Å². The van der Waals surface area contributed by atoms with Gasteiger partial charge >= 0.3 is 0 Å². The molecule has 0 fully saturated rings. The molecule has 300 valence electrons. The Bertz CT molecular complexity index is 3100. The molecule has 4 heteroatoms.